The molecular formula is C18H24N3O3+. The first-order valence-corrected chi connectivity index (χ1v) is 7.97. The molecule has 6 heteroatoms. The van der Waals surface area contributed by atoms with Crippen molar-refractivity contribution < 1.29 is 19.3 Å². The fourth-order valence-corrected chi connectivity index (χ4v) is 2.28. The van der Waals surface area contributed by atoms with E-state index >= 15 is 0 Å². The molecular weight excluding hydrogens is 306 g/mol. The van der Waals surface area contributed by atoms with E-state index in [2.05, 4.69) is 10.6 Å². The van der Waals surface area contributed by atoms with Crippen LogP contribution in [0.2, 0.25) is 0 Å². The molecule has 0 aliphatic heterocycles. The number of quaternary nitrogens is 1. The van der Waals surface area contributed by atoms with E-state index in [1.807, 2.05) is 56.4 Å². The second-order valence-corrected chi connectivity index (χ2v) is 5.82. The Balaban J connectivity index is 1.73. The van der Waals surface area contributed by atoms with Crippen LogP contribution in [-0.2, 0) is 9.59 Å². The number of furan rings is 1. The fraction of sp³-hybridized carbons (Fsp3) is 0.333. The average Bonchev–Trinajstić information content (AvgIpc) is 3.09. The predicted octanol–water partition coefficient (Wildman–Crippen LogP) is 1.28. The van der Waals surface area contributed by atoms with Gasteiger partial charge in [0.1, 0.15) is 6.04 Å². The zero-order valence-electron chi connectivity index (χ0n) is 14.3. The van der Waals surface area contributed by atoms with Gasteiger partial charge in [-0.15, -0.1) is 0 Å². The molecule has 128 valence electrons. The number of benzene rings is 1. The number of hydrogen-bond acceptors (Lipinski definition) is 3. The van der Waals surface area contributed by atoms with Crippen molar-refractivity contribution >= 4 is 17.5 Å². The van der Waals surface area contributed by atoms with Gasteiger partial charge in [0.05, 0.1) is 12.8 Å². The maximum Gasteiger partial charge on any atom is 0.275 e. The van der Waals surface area contributed by atoms with E-state index in [1.54, 1.807) is 6.26 Å². The fourth-order valence-electron chi connectivity index (χ4n) is 2.28. The Labute approximate surface area is 141 Å². The van der Waals surface area contributed by atoms with Gasteiger partial charge in [0.15, 0.2) is 12.3 Å². The minimum absolute atomic E-state index is 0.0464. The zero-order chi connectivity index (χ0) is 17.5. The molecule has 0 spiro atoms. The van der Waals surface area contributed by atoms with Crippen molar-refractivity contribution in [2.45, 2.75) is 26.8 Å². The van der Waals surface area contributed by atoms with Crippen molar-refractivity contribution in [1.82, 2.24) is 5.32 Å². The summed E-state index contributed by atoms with van der Waals surface area (Å²) in [4.78, 5) is 23.8. The van der Waals surface area contributed by atoms with Crippen LogP contribution in [0.3, 0.4) is 0 Å². The lowest BCUT2D eigenvalue weighted by Crippen LogP contribution is -2.87. The summed E-state index contributed by atoms with van der Waals surface area (Å²) < 4.78 is 5.29. The van der Waals surface area contributed by atoms with E-state index in [-0.39, 0.29) is 30.9 Å². The monoisotopic (exact) mass is 330 g/mol. The van der Waals surface area contributed by atoms with Crippen LogP contribution in [0, 0.1) is 13.8 Å². The Bertz CT molecular complexity index is 696. The van der Waals surface area contributed by atoms with Gasteiger partial charge in [0.25, 0.3) is 5.91 Å². The van der Waals surface area contributed by atoms with Crippen molar-refractivity contribution in [2.75, 3.05) is 18.4 Å². The van der Waals surface area contributed by atoms with Crippen LogP contribution in [0.25, 0.3) is 0 Å². The largest absolute Gasteiger partial charge is 0.463 e. The normalized spacial score (nSPS) is 11.8. The van der Waals surface area contributed by atoms with Gasteiger partial charge in [-0.2, -0.15) is 0 Å². The summed E-state index contributed by atoms with van der Waals surface area (Å²) >= 11 is 0. The molecule has 0 radical (unpaired) electrons. The lowest BCUT2D eigenvalue weighted by Gasteiger charge is -2.11. The summed E-state index contributed by atoms with van der Waals surface area (Å²) in [7, 11) is 0. The lowest BCUT2D eigenvalue weighted by atomic mass is 10.1. The lowest BCUT2D eigenvalue weighted by molar-refractivity contribution is -0.684. The summed E-state index contributed by atoms with van der Waals surface area (Å²) in [6.07, 6.45) is 1.61. The minimum Gasteiger partial charge on any atom is -0.463 e. The van der Waals surface area contributed by atoms with Crippen LogP contribution in [0.1, 0.15) is 29.9 Å². The third-order valence-corrected chi connectivity index (χ3v) is 3.97. The minimum atomic E-state index is -0.240. The van der Waals surface area contributed by atoms with Crippen LogP contribution in [0.15, 0.2) is 41.0 Å². The first-order chi connectivity index (χ1) is 11.5. The number of aryl methyl sites for hydroxylation is 1. The van der Waals surface area contributed by atoms with E-state index in [9.17, 15) is 9.59 Å². The first-order valence-electron chi connectivity index (χ1n) is 7.97. The first kappa shape index (κ1) is 17.7. The topological polar surface area (TPSA) is 88.0 Å². The number of hydrogen-bond donors (Lipinski definition) is 3. The van der Waals surface area contributed by atoms with Crippen molar-refractivity contribution in [3.05, 3.63) is 53.5 Å². The number of nitrogens with two attached hydrogens (primary N) is 1. The molecule has 0 fully saturated rings. The van der Waals surface area contributed by atoms with Gasteiger partial charge in [-0.05, 0) is 50.1 Å². The van der Waals surface area contributed by atoms with Crippen LogP contribution in [-0.4, -0.2) is 24.9 Å². The zero-order valence-corrected chi connectivity index (χ0v) is 14.3. The van der Waals surface area contributed by atoms with Gasteiger partial charge >= 0.3 is 0 Å². The van der Waals surface area contributed by atoms with Gasteiger partial charge in [-0.25, -0.2) is 0 Å². The molecule has 1 aromatic heterocycles. The van der Waals surface area contributed by atoms with Crippen molar-refractivity contribution in [1.29, 1.82) is 0 Å². The molecule has 2 aromatic rings. The Morgan fingerprint density at radius 2 is 1.96 bits per heavy atom. The number of carbonyl (C=O) groups excluding carboxylic acids is 2. The molecule has 0 saturated heterocycles. The molecule has 0 saturated carbocycles. The van der Waals surface area contributed by atoms with Gasteiger partial charge < -0.3 is 20.4 Å². The highest BCUT2D eigenvalue weighted by Gasteiger charge is 2.14. The van der Waals surface area contributed by atoms with Crippen LogP contribution < -0.4 is 16.0 Å². The molecule has 24 heavy (non-hydrogen) atoms. The summed E-state index contributed by atoms with van der Waals surface area (Å²) in [5.41, 5.74) is 2.91. The van der Waals surface area contributed by atoms with Gasteiger partial charge in [0.2, 0.25) is 5.91 Å². The average molecular weight is 330 g/mol. The number of amides is 2. The highest BCUT2D eigenvalue weighted by molar-refractivity contribution is 5.95. The van der Waals surface area contributed by atoms with E-state index in [0.717, 1.165) is 22.6 Å². The predicted molar refractivity (Wildman–Crippen MR) is 91.5 cm³/mol. The summed E-state index contributed by atoms with van der Waals surface area (Å²) in [5, 5.41) is 7.30. The third kappa shape index (κ3) is 4.96. The molecule has 0 aliphatic carbocycles. The van der Waals surface area contributed by atoms with Gasteiger partial charge in [-0.3, -0.25) is 9.59 Å². The molecule has 0 unspecified atom stereocenters. The Morgan fingerprint density at radius 1 is 1.17 bits per heavy atom. The summed E-state index contributed by atoms with van der Waals surface area (Å²) in [5.74, 6) is 0.385. The summed E-state index contributed by atoms with van der Waals surface area (Å²) in [6.45, 7) is 6.09. The molecule has 2 rings (SSSR count). The number of carbonyl (C=O) groups is 2. The van der Waals surface area contributed by atoms with Crippen LogP contribution in [0.4, 0.5) is 5.69 Å². The second-order valence-electron chi connectivity index (χ2n) is 5.82. The molecule has 1 atom stereocenters. The van der Waals surface area contributed by atoms with Crippen molar-refractivity contribution in [2.24, 2.45) is 0 Å². The smallest absolute Gasteiger partial charge is 0.275 e. The Kier molecular flexibility index (Phi) is 6.14. The van der Waals surface area contributed by atoms with Crippen molar-refractivity contribution in [3.63, 3.8) is 0 Å². The maximum atomic E-state index is 12.0. The van der Waals surface area contributed by atoms with E-state index < -0.39 is 0 Å². The second kappa shape index (κ2) is 8.31. The Hall–Kier alpha value is -2.60. The Morgan fingerprint density at radius 3 is 2.67 bits per heavy atom. The molecule has 0 aliphatic rings. The maximum absolute atomic E-state index is 12.0. The third-order valence-electron chi connectivity index (χ3n) is 3.97. The SMILES string of the molecule is Cc1cccc(NC(=O)CNC(=O)C[NH2+][C@@H](C)c2ccco2)c1C. The molecule has 1 aromatic carbocycles. The van der Waals surface area contributed by atoms with E-state index in [1.165, 1.54) is 0 Å². The van der Waals surface area contributed by atoms with Gasteiger partial charge in [0, 0.05) is 5.69 Å². The highest BCUT2D eigenvalue weighted by atomic mass is 16.3. The summed E-state index contributed by atoms with van der Waals surface area (Å²) in [6, 6.07) is 9.47. The molecule has 4 N–H and O–H groups in total. The molecule has 0 bridgehead atoms. The number of nitrogens with one attached hydrogen (secondary N) is 2. The molecule has 1 heterocycles. The van der Waals surface area contributed by atoms with E-state index in [0.29, 0.717) is 0 Å². The highest BCUT2D eigenvalue weighted by Crippen LogP contribution is 2.17. The molecule has 6 nitrogen and oxygen atoms in total. The number of rotatable bonds is 7. The van der Waals surface area contributed by atoms with Gasteiger partial charge in [-0.1, -0.05) is 12.1 Å². The van der Waals surface area contributed by atoms with Crippen LogP contribution >= 0.6 is 0 Å². The van der Waals surface area contributed by atoms with E-state index in [4.69, 9.17) is 4.42 Å². The van der Waals surface area contributed by atoms with Crippen LogP contribution in [0.5, 0.6) is 0 Å². The molecule has 2 amide bonds. The number of anilines is 1. The standard InChI is InChI=1S/C18H23N3O3/c1-12-6-4-7-15(13(12)2)21-18(23)11-20-17(22)10-19-14(3)16-8-5-9-24-16/h4-9,14,19H,10-11H2,1-3H3,(H,20,22)(H,21,23)/p+1/t14-/m0/s1. The quantitative estimate of drug-likeness (QED) is 0.714. The van der Waals surface area contributed by atoms with Crippen molar-refractivity contribution in [3.8, 4) is 0 Å².